The van der Waals surface area contributed by atoms with Gasteiger partial charge in [0.15, 0.2) is 0 Å². The van der Waals surface area contributed by atoms with Crippen LogP contribution in [-0.2, 0) is 5.41 Å². The number of hydrogen-bond acceptors (Lipinski definition) is 2. The summed E-state index contributed by atoms with van der Waals surface area (Å²) in [6, 6.07) is 69.0. The molecule has 1 saturated carbocycles. The molecule has 0 saturated heterocycles. The van der Waals surface area contributed by atoms with Gasteiger partial charge in [0, 0.05) is 50.5 Å². The van der Waals surface area contributed by atoms with E-state index < -0.39 is 18.2 Å². The highest BCUT2D eigenvalue weighted by Crippen LogP contribution is 2.58. The average Bonchev–Trinajstić information content (AvgIpc) is 3.83. The number of para-hydroxylation sites is 1. The van der Waals surface area contributed by atoms with Crippen molar-refractivity contribution in [3.8, 4) is 89.5 Å². The van der Waals surface area contributed by atoms with Crippen LogP contribution < -0.4 is 4.74 Å². The lowest BCUT2D eigenvalue weighted by Crippen LogP contribution is -2.25. The van der Waals surface area contributed by atoms with Gasteiger partial charge >= 0.3 is 0 Å². The third kappa shape index (κ3) is 6.78. The number of fused-ring (bicyclic) bond motifs is 2. The fraction of sp³-hybridized carbons (Fsp3) is 0.131. The summed E-state index contributed by atoms with van der Waals surface area (Å²) in [6.45, 7) is -0.581. The van der Waals surface area contributed by atoms with Gasteiger partial charge in [-0.1, -0.05) is 203 Å². The molecule has 0 amide bonds. The molecule has 1 aliphatic carbocycles. The van der Waals surface area contributed by atoms with Crippen molar-refractivity contribution in [1.82, 2.24) is 4.98 Å². The van der Waals surface area contributed by atoms with Crippen LogP contribution in [0.2, 0.25) is 0 Å². The van der Waals surface area contributed by atoms with E-state index in [1.54, 1.807) is 0 Å². The highest BCUT2D eigenvalue weighted by molar-refractivity contribution is 6.15. The molecule has 1 fully saturated rings. The molecule has 2 heteroatoms. The van der Waals surface area contributed by atoms with Crippen molar-refractivity contribution in [3.63, 3.8) is 0 Å². The Morgan fingerprint density at radius 3 is 1.49 bits per heavy atom. The maximum atomic E-state index is 10.1. The summed E-state index contributed by atoms with van der Waals surface area (Å²) in [6.07, 6.45) is 5.18. The Morgan fingerprint density at radius 1 is 0.476 bits per heavy atom. The molecule has 1 aliphatic heterocycles. The van der Waals surface area contributed by atoms with E-state index in [-0.39, 0.29) is 0 Å². The first kappa shape index (κ1) is 34.3. The zero-order chi connectivity index (χ0) is 45.8. The molecule has 2 nitrogen and oxygen atoms in total. The second kappa shape index (κ2) is 16.2. The molecule has 0 bridgehead atoms. The van der Waals surface area contributed by atoms with Crippen molar-refractivity contribution in [2.24, 2.45) is 0 Å². The monoisotopic (exact) mass is 815 g/mol. The van der Waals surface area contributed by atoms with E-state index in [0.717, 1.165) is 96.4 Å². The fourth-order valence-electron chi connectivity index (χ4n) is 10.2. The molecule has 304 valence electrons. The maximum absolute atomic E-state index is 10.1. The van der Waals surface area contributed by atoms with Crippen LogP contribution in [0.5, 0.6) is 11.5 Å². The van der Waals surface area contributed by atoms with Gasteiger partial charge in [0.05, 0.1) is 5.69 Å². The molecule has 11 rings (SSSR count). The first-order chi connectivity index (χ1) is 32.7. The Kier molecular flexibility index (Phi) is 8.82. The number of hydrogen-bond donors (Lipinski definition) is 0. The zero-order valence-electron chi connectivity index (χ0n) is 39.3. The summed E-state index contributed by atoms with van der Waals surface area (Å²) in [4.78, 5) is 5.14. The molecule has 0 spiro atoms. The van der Waals surface area contributed by atoms with Gasteiger partial charge in [-0.3, -0.25) is 4.98 Å². The lowest BCUT2D eigenvalue weighted by Gasteiger charge is -2.36. The highest BCUT2D eigenvalue weighted by Gasteiger charge is 2.38. The molecule has 1 aromatic heterocycles. The molecule has 0 N–H and O–H groups in total. The van der Waals surface area contributed by atoms with Crippen LogP contribution in [0, 0.1) is 0 Å². The summed E-state index contributed by atoms with van der Waals surface area (Å²) in [7, 11) is 0. The zero-order valence-corrected chi connectivity index (χ0v) is 35.3. The van der Waals surface area contributed by atoms with E-state index in [2.05, 4.69) is 158 Å². The second-order valence-electron chi connectivity index (χ2n) is 16.9. The Labute approximate surface area is 377 Å². The summed E-state index contributed by atoms with van der Waals surface area (Å²) in [5.41, 5.74) is 14.7. The van der Waals surface area contributed by atoms with Gasteiger partial charge < -0.3 is 4.74 Å². The minimum Gasteiger partial charge on any atom is -0.456 e. The predicted molar refractivity (Wildman–Crippen MR) is 262 cm³/mol. The number of ether oxygens (including phenoxy) is 1. The van der Waals surface area contributed by atoms with Crippen molar-refractivity contribution in [2.75, 3.05) is 0 Å². The fourth-order valence-corrected chi connectivity index (χ4v) is 10.2. The summed E-state index contributed by atoms with van der Waals surface area (Å²) in [5, 5.41) is 0. The molecule has 8 aromatic carbocycles. The van der Waals surface area contributed by atoms with Gasteiger partial charge in [-0.25, -0.2) is 0 Å². The van der Waals surface area contributed by atoms with E-state index in [4.69, 9.17) is 13.8 Å². The smallest absolute Gasteiger partial charge is 0.139 e. The second-order valence-corrected chi connectivity index (χ2v) is 16.9. The van der Waals surface area contributed by atoms with Gasteiger partial charge in [0.1, 0.15) is 11.5 Å². The quantitative estimate of drug-likeness (QED) is 0.152. The van der Waals surface area contributed by atoms with Crippen molar-refractivity contribution in [2.45, 2.75) is 50.8 Å². The lowest BCUT2D eigenvalue weighted by molar-refractivity contribution is 0.418. The van der Waals surface area contributed by atoms with Crippen LogP contribution in [0.25, 0.3) is 78.0 Å². The van der Waals surface area contributed by atoms with Gasteiger partial charge in [-0.15, -0.1) is 0 Å². The molecular formula is C61H49NO. The summed E-state index contributed by atoms with van der Waals surface area (Å²) in [5.74, 6) is 0.150. The Bertz CT molecular complexity index is 3150. The van der Waals surface area contributed by atoms with Crippen LogP contribution in [0.4, 0.5) is 0 Å². The molecule has 1 unspecified atom stereocenters. The standard InChI is InChI=1S/C61H49NO/c1-61(2)49-34-17-18-36-52(49)63-60-50(61)38-37-48(41-22-15-16-23-41)53(60)46-32-21-33-47(40-46)58-55(43-26-9-4-10-27-43)54(42-24-7-3-8-25-42)56(44-28-11-5-12-29-44)59(51-35-19-20-39-62-51)57(58)45-30-13-6-14-31-45/h3-14,17-21,24-41H,15-16,22-23H2,1-2H3/i1D3,41D. The van der Waals surface area contributed by atoms with Gasteiger partial charge in [-0.2, -0.15) is 0 Å². The van der Waals surface area contributed by atoms with Crippen LogP contribution in [0.1, 0.15) is 67.5 Å². The van der Waals surface area contributed by atoms with Crippen molar-refractivity contribution < 1.29 is 10.2 Å². The SMILES string of the molecule is [2H]C1(c2ccc3c(c2-c2cccc(-c4c(-c5ccccc5)c(-c5ccccc5)c(-c5ccccc5)c(-c5ccccn5)c4-c4ccccc4)c2)Oc2ccccc2C3(C)C([2H])([2H])[2H])CCCC1. The van der Waals surface area contributed by atoms with Crippen LogP contribution in [0.15, 0.2) is 206 Å². The minimum absolute atomic E-state index is 0.510. The van der Waals surface area contributed by atoms with Gasteiger partial charge in [0.2, 0.25) is 0 Å². The third-order valence-electron chi connectivity index (χ3n) is 13.0. The first-order valence-electron chi connectivity index (χ1n) is 24.1. The normalized spacial score (nSPS) is 17.3. The van der Waals surface area contributed by atoms with Gasteiger partial charge in [0.25, 0.3) is 0 Å². The topological polar surface area (TPSA) is 22.1 Å². The number of aromatic nitrogens is 1. The van der Waals surface area contributed by atoms with Crippen molar-refractivity contribution >= 4 is 0 Å². The van der Waals surface area contributed by atoms with Crippen LogP contribution >= 0.6 is 0 Å². The molecule has 9 aromatic rings. The van der Waals surface area contributed by atoms with Gasteiger partial charge in [-0.05, 0) is 98.6 Å². The minimum atomic E-state index is -2.40. The molecule has 2 aliphatic rings. The third-order valence-corrected chi connectivity index (χ3v) is 13.0. The largest absolute Gasteiger partial charge is 0.456 e. The molecule has 1 atom stereocenters. The van der Waals surface area contributed by atoms with E-state index >= 15 is 0 Å². The molecule has 63 heavy (non-hydrogen) atoms. The van der Waals surface area contributed by atoms with Crippen molar-refractivity contribution in [3.05, 3.63) is 223 Å². The van der Waals surface area contributed by atoms with Crippen LogP contribution in [-0.4, -0.2) is 4.98 Å². The predicted octanol–water partition coefficient (Wildman–Crippen LogP) is 16.8. The average molecular weight is 816 g/mol. The number of nitrogens with zero attached hydrogens (tertiary/aromatic N) is 1. The summed E-state index contributed by atoms with van der Waals surface area (Å²) < 4.78 is 44.3. The van der Waals surface area contributed by atoms with E-state index in [0.29, 0.717) is 35.5 Å². The molecule has 2 heterocycles. The highest BCUT2D eigenvalue weighted by atomic mass is 16.5. The molecule has 0 radical (unpaired) electrons. The molecular weight excluding hydrogens is 763 g/mol. The Morgan fingerprint density at radius 2 is 0.952 bits per heavy atom. The first-order valence-corrected chi connectivity index (χ1v) is 22.1. The Hall–Kier alpha value is -7.29. The Balaban J connectivity index is 1.31. The van der Waals surface area contributed by atoms with E-state index in [1.807, 2.05) is 55.6 Å². The van der Waals surface area contributed by atoms with E-state index in [9.17, 15) is 1.37 Å². The summed E-state index contributed by atoms with van der Waals surface area (Å²) >= 11 is 0. The number of rotatable bonds is 8. The number of benzene rings is 8. The maximum Gasteiger partial charge on any atom is 0.139 e. The van der Waals surface area contributed by atoms with Crippen LogP contribution in [0.3, 0.4) is 0 Å². The van der Waals surface area contributed by atoms with Crippen molar-refractivity contribution in [1.29, 1.82) is 0 Å². The lowest BCUT2D eigenvalue weighted by atomic mass is 9.73. The number of pyridine rings is 1. The van der Waals surface area contributed by atoms with E-state index in [1.165, 1.54) is 0 Å².